The molecule has 1 atom stereocenters. The monoisotopic (exact) mass is 228 g/mol. The molecular weight excluding hydrogens is 216 g/mol. The standard InChI is InChI=1S/C9H12N2O3S/c1-4-14-8(12)6-5(2)10-9(13)11-7(6)15-3/h6H,4H2,1-3H3. The Hall–Kier alpha value is -1.17. The highest BCUT2D eigenvalue weighted by atomic mass is 32.2. The van der Waals surface area contributed by atoms with E-state index in [4.69, 9.17) is 4.74 Å². The van der Waals surface area contributed by atoms with E-state index in [1.54, 1.807) is 20.1 Å². The lowest BCUT2D eigenvalue weighted by Gasteiger charge is -2.18. The predicted octanol–water partition coefficient (Wildman–Crippen LogP) is 1.52. The number of ether oxygens (including phenoxy) is 1. The minimum absolute atomic E-state index is 0.304. The molecular formula is C9H12N2O3S. The number of aliphatic imine (C=N–C) groups is 2. The van der Waals surface area contributed by atoms with Crippen LogP contribution in [-0.2, 0) is 9.53 Å². The first-order valence-corrected chi connectivity index (χ1v) is 5.71. The van der Waals surface area contributed by atoms with Crippen LogP contribution in [0.5, 0.6) is 0 Å². The van der Waals surface area contributed by atoms with Gasteiger partial charge in [0.2, 0.25) is 0 Å². The molecule has 0 radical (unpaired) electrons. The zero-order valence-corrected chi connectivity index (χ0v) is 9.63. The maximum atomic E-state index is 11.6. The van der Waals surface area contributed by atoms with E-state index in [-0.39, 0.29) is 0 Å². The Bertz CT molecular complexity index is 349. The number of amides is 2. The molecule has 0 saturated heterocycles. The van der Waals surface area contributed by atoms with E-state index in [1.165, 1.54) is 11.8 Å². The van der Waals surface area contributed by atoms with Crippen LogP contribution in [0.2, 0.25) is 0 Å². The summed E-state index contributed by atoms with van der Waals surface area (Å²) >= 11 is 1.26. The fourth-order valence-corrected chi connectivity index (χ4v) is 1.91. The van der Waals surface area contributed by atoms with E-state index in [1.807, 2.05) is 0 Å². The molecule has 1 heterocycles. The lowest BCUT2D eigenvalue weighted by Crippen LogP contribution is -2.33. The van der Waals surface area contributed by atoms with Gasteiger partial charge in [-0.15, -0.1) is 11.8 Å². The fourth-order valence-electron chi connectivity index (χ4n) is 1.24. The maximum absolute atomic E-state index is 11.6. The van der Waals surface area contributed by atoms with Gasteiger partial charge in [0, 0.05) is 5.71 Å². The fraction of sp³-hybridized carbons (Fsp3) is 0.556. The SMILES string of the molecule is CCOC(=O)C1C(C)=NC(=O)N=C1SC. The van der Waals surface area contributed by atoms with Gasteiger partial charge in [0.1, 0.15) is 5.92 Å². The van der Waals surface area contributed by atoms with Crippen LogP contribution < -0.4 is 0 Å². The van der Waals surface area contributed by atoms with Crippen molar-refractivity contribution in [2.24, 2.45) is 15.9 Å². The van der Waals surface area contributed by atoms with Crippen LogP contribution in [0.4, 0.5) is 4.79 Å². The number of carbonyl (C=O) groups is 2. The molecule has 0 fully saturated rings. The molecule has 0 bridgehead atoms. The van der Waals surface area contributed by atoms with Crippen molar-refractivity contribution >= 4 is 34.5 Å². The number of nitrogens with zero attached hydrogens (tertiary/aromatic N) is 2. The van der Waals surface area contributed by atoms with Crippen LogP contribution >= 0.6 is 11.8 Å². The summed E-state index contributed by atoms with van der Waals surface area (Å²) in [6, 6.07) is -0.558. The smallest absolute Gasteiger partial charge is 0.367 e. The molecule has 5 nitrogen and oxygen atoms in total. The Morgan fingerprint density at radius 3 is 2.73 bits per heavy atom. The van der Waals surface area contributed by atoms with Crippen LogP contribution in [0.1, 0.15) is 13.8 Å². The molecule has 0 N–H and O–H groups in total. The molecule has 2 amide bonds. The van der Waals surface area contributed by atoms with E-state index in [0.717, 1.165) is 0 Å². The van der Waals surface area contributed by atoms with Crippen LogP contribution in [0.25, 0.3) is 0 Å². The average Bonchev–Trinajstić information content (AvgIpc) is 2.16. The van der Waals surface area contributed by atoms with Gasteiger partial charge in [0.25, 0.3) is 0 Å². The van der Waals surface area contributed by atoms with Crippen LogP contribution in [0.3, 0.4) is 0 Å². The lowest BCUT2D eigenvalue weighted by atomic mass is 10.1. The summed E-state index contributed by atoms with van der Waals surface area (Å²) in [6.07, 6.45) is 1.76. The van der Waals surface area contributed by atoms with Crippen LogP contribution in [0, 0.1) is 5.92 Å². The highest BCUT2D eigenvalue weighted by Gasteiger charge is 2.32. The predicted molar refractivity (Wildman–Crippen MR) is 59.6 cm³/mol. The van der Waals surface area contributed by atoms with Gasteiger partial charge in [0.15, 0.2) is 0 Å². The number of rotatable bonds is 2. The molecule has 1 aliphatic heterocycles. The summed E-state index contributed by atoms with van der Waals surface area (Å²) in [5.74, 6) is -1.02. The van der Waals surface area contributed by atoms with Gasteiger partial charge in [-0.25, -0.2) is 4.79 Å². The third kappa shape index (κ3) is 2.65. The molecule has 1 unspecified atom stereocenters. The summed E-state index contributed by atoms with van der Waals surface area (Å²) in [6.45, 7) is 3.66. The van der Waals surface area contributed by atoms with E-state index < -0.39 is 17.9 Å². The summed E-state index contributed by atoms with van der Waals surface area (Å²) < 4.78 is 4.89. The van der Waals surface area contributed by atoms with Crippen molar-refractivity contribution in [1.29, 1.82) is 0 Å². The lowest BCUT2D eigenvalue weighted by molar-refractivity contribution is -0.143. The minimum atomic E-state index is -0.613. The normalized spacial score (nSPS) is 20.7. The van der Waals surface area contributed by atoms with Crippen molar-refractivity contribution in [3.8, 4) is 0 Å². The Labute approximate surface area is 92.0 Å². The van der Waals surface area contributed by atoms with Gasteiger partial charge in [-0.1, -0.05) is 0 Å². The van der Waals surface area contributed by atoms with Gasteiger partial charge in [0.05, 0.1) is 11.7 Å². The second kappa shape index (κ2) is 5.06. The topological polar surface area (TPSA) is 68.1 Å². The third-order valence-electron chi connectivity index (χ3n) is 1.87. The van der Waals surface area contributed by atoms with Crippen LogP contribution in [-0.4, -0.2) is 35.6 Å². The quantitative estimate of drug-likeness (QED) is 0.672. The first-order valence-electron chi connectivity index (χ1n) is 4.48. The average molecular weight is 228 g/mol. The number of urea groups is 1. The second-order valence-electron chi connectivity index (χ2n) is 2.87. The van der Waals surface area contributed by atoms with Crippen molar-refractivity contribution in [1.82, 2.24) is 0 Å². The molecule has 6 heteroatoms. The molecule has 1 rings (SSSR count). The van der Waals surface area contributed by atoms with Gasteiger partial charge in [-0.05, 0) is 20.1 Å². The van der Waals surface area contributed by atoms with Crippen LogP contribution in [0.15, 0.2) is 9.98 Å². The second-order valence-corrected chi connectivity index (χ2v) is 3.70. The van der Waals surface area contributed by atoms with Crippen molar-refractivity contribution < 1.29 is 14.3 Å². The summed E-state index contributed by atoms with van der Waals surface area (Å²) in [7, 11) is 0. The first kappa shape index (κ1) is 11.9. The molecule has 0 aromatic carbocycles. The Balaban J connectivity index is 2.94. The van der Waals surface area contributed by atoms with Gasteiger partial charge in [-0.3, -0.25) is 4.79 Å². The number of thioether (sulfide) groups is 1. The van der Waals surface area contributed by atoms with Gasteiger partial charge in [-0.2, -0.15) is 9.98 Å². The summed E-state index contributed by atoms with van der Waals surface area (Å²) in [5, 5.41) is 0.450. The Kier molecular flexibility index (Phi) is 4.02. The van der Waals surface area contributed by atoms with Crippen molar-refractivity contribution in [2.75, 3.05) is 12.9 Å². The Morgan fingerprint density at radius 2 is 2.20 bits per heavy atom. The van der Waals surface area contributed by atoms with E-state index >= 15 is 0 Å². The summed E-state index contributed by atoms with van der Waals surface area (Å²) in [4.78, 5) is 29.9. The van der Waals surface area contributed by atoms with Gasteiger partial charge >= 0.3 is 12.0 Å². The van der Waals surface area contributed by atoms with Crippen molar-refractivity contribution in [3.05, 3.63) is 0 Å². The number of hydrogen-bond donors (Lipinski definition) is 0. The van der Waals surface area contributed by atoms with Crippen molar-refractivity contribution in [3.63, 3.8) is 0 Å². The largest absolute Gasteiger partial charge is 0.465 e. The van der Waals surface area contributed by atoms with E-state index in [0.29, 0.717) is 17.4 Å². The van der Waals surface area contributed by atoms with Crippen molar-refractivity contribution in [2.45, 2.75) is 13.8 Å². The molecule has 0 spiro atoms. The highest BCUT2D eigenvalue weighted by Crippen LogP contribution is 2.19. The molecule has 1 aliphatic rings. The third-order valence-corrected chi connectivity index (χ3v) is 2.62. The molecule has 0 aromatic heterocycles. The maximum Gasteiger partial charge on any atom is 0.367 e. The first-order chi connectivity index (χ1) is 7.10. The minimum Gasteiger partial charge on any atom is -0.465 e. The molecule has 15 heavy (non-hydrogen) atoms. The molecule has 0 saturated carbocycles. The number of hydrogen-bond acceptors (Lipinski definition) is 4. The highest BCUT2D eigenvalue weighted by molar-refractivity contribution is 8.13. The zero-order valence-electron chi connectivity index (χ0n) is 8.81. The van der Waals surface area contributed by atoms with Gasteiger partial charge < -0.3 is 4.74 Å². The number of carbonyl (C=O) groups excluding carboxylic acids is 2. The number of esters is 1. The Morgan fingerprint density at radius 1 is 1.53 bits per heavy atom. The van der Waals surface area contributed by atoms with E-state index in [9.17, 15) is 9.59 Å². The summed E-state index contributed by atoms with van der Waals surface area (Å²) in [5.41, 5.74) is 0.442. The molecule has 82 valence electrons. The zero-order chi connectivity index (χ0) is 11.4. The molecule has 0 aromatic rings. The van der Waals surface area contributed by atoms with E-state index in [2.05, 4.69) is 9.98 Å². The molecule has 0 aliphatic carbocycles.